The molecule has 1 aromatic carbocycles. The highest BCUT2D eigenvalue weighted by Crippen LogP contribution is 2.19. The smallest absolute Gasteiger partial charge is 0.326 e. The Balaban J connectivity index is 1.82. The molecule has 0 spiro atoms. The fourth-order valence-corrected chi connectivity index (χ4v) is 4.06. The largest absolute Gasteiger partial charge is 0.481 e. The van der Waals surface area contributed by atoms with Gasteiger partial charge in [0.2, 0.25) is 23.6 Å². The molecule has 218 valence electrons. The third-order valence-corrected chi connectivity index (χ3v) is 6.10. The van der Waals surface area contributed by atoms with Crippen LogP contribution in [0.5, 0.6) is 0 Å². The second-order valence-corrected chi connectivity index (χ2v) is 9.24. The van der Waals surface area contributed by atoms with E-state index in [2.05, 4.69) is 30.9 Å². The molecule has 0 aliphatic rings. The van der Waals surface area contributed by atoms with E-state index in [1.54, 1.807) is 30.5 Å². The number of H-pyrrole nitrogens is 2. The van der Waals surface area contributed by atoms with Crippen molar-refractivity contribution in [2.24, 2.45) is 11.5 Å². The zero-order valence-electron chi connectivity index (χ0n) is 21.6. The summed E-state index contributed by atoms with van der Waals surface area (Å²) in [5.74, 6) is -6.54. The van der Waals surface area contributed by atoms with Crippen molar-refractivity contribution in [3.8, 4) is 0 Å². The van der Waals surface area contributed by atoms with E-state index in [1.165, 1.54) is 12.5 Å². The SMILES string of the molecule is NC(=O)CC(NC(=O)C(Cc1c[nH]c2ccccc12)NC(=O)C(N)CC(=O)O)C(=O)NC(Cc1cnc[nH]1)C(=O)O. The van der Waals surface area contributed by atoms with Crippen LogP contribution in [0.2, 0.25) is 0 Å². The van der Waals surface area contributed by atoms with Gasteiger partial charge in [0.1, 0.15) is 18.1 Å². The van der Waals surface area contributed by atoms with E-state index >= 15 is 0 Å². The summed E-state index contributed by atoms with van der Waals surface area (Å²) in [6, 6.07) is 1.26. The predicted molar refractivity (Wildman–Crippen MR) is 142 cm³/mol. The zero-order chi connectivity index (χ0) is 30.1. The van der Waals surface area contributed by atoms with Crippen LogP contribution in [-0.2, 0) is 41.6 Å². The van der Waals surface area contributed by atoms with Gasteiger partial charge < -0.3 is 47.6 Å². The van der Waals surface area contributed by atoms with Crippen molar-refractivity contribution in [2.45, 2.75) is 49.9 Å². The molecule has 0 aliphatic heterocycles. The molecule has 0 fully saturated rings. The number of aromatic nitrogens is 3. The molecule has 4 atom stereocenters. The molecule has 0 saturated carbocycles. The molecule has 0 radical (unpaired) electrons. The summed E-state index contributed by atoms with van der Waals surface area (Å²) in [7, 11) is 0. The summed E-state index contributed by atoms with van der Waals surface area (Å²) in [4.78, 5) is 83.1. The number of hydrogen-bond donors (Lipinski definition) is 9. The van der Waals surface area contributed by atoms with Gasteiger partial charge in [-0.25, -0.2) is 9.78 Å². The van der Waals surface area contributed by atoms with Gasteiger partial charge in [0.25, 0.3) is 0 Å². The number of carbonyl (C=O) groups excluding carboxylic acids is 4. The maximum atomic E-state index is 13.4. The Morgan fingerprint density at radius 1 is 0.854 bits per heavy atom. The summed E-state index contributed by atoms with van der Waals surface area (Å²) in [5.41, 5.74) is 12.7. The lowest BCUT2D eigenvalue weighted by Crippen LogP contribution is -2.58. The molecule has 2 heterocycles. The van der Waals surface area contributed by atoms with Crippen molar-refractivity contribution in [1.82, 2.24) is 30.9 Å². The minimum absolute atomic E-state index is 0.107. The molecule has 0 saturated heterocycles. The Morgan fingerprint density at radius 2 is 1.51 bits per heavy atom. The van der Waals surface area contributed by atoms with E-state index in [0.717, 1.165) is 10.9 Å². The minimum atomic E-state index is -1.60. The number of carbonyl (C=O) groups is 6. The van der Waals surface area contributed by atoms with Crippen LogP contribution in [0.1, 0.15) is 24.1 Å². The molecule has 2 aromatic heterocycles. The van der Waals surface area contributed by atoms with Crippen LogP contribution < -0.4 is 27.4 Å². The number of imidazole rings is 1. The highest BCUT2D eigenvalue weighted by Gasteiger charge is 2.32. The molecule has 4 amide bonds. The number of nitrogens with two attached hydrogens (primary N) is 2. The number of aliphatic carboxylic acids is 2. The number of amides is 4. The van der Waals surface area contributed by atoms with Crippen LogP contribution in [0.25, 0.3) is 10.9 Å². The van der Waals surface area contributed by atoms with E-state index < -0.39 is 72.6 Å². The molecule has 4 unspecified atom stereocenters. The normalized spacial score (nSPS) is 13.9. The number of hydrogen-bond acceptors (Lipinski definition) is 8. The van der Waals surface area contributed by atoms with E-state index in [4.69, 9.17) is 16.6 Å². The molecule has 3 rings (SSSR count). The fraction of sp³-hybridized carbons (Fsp3) is 0.320. The number of fused-ring (bicyclic) bond motifs is 1. The average molecular weight is 571 g/mol. The number of carboxylic acid groups (broad SMARTS) is 2. The van der Waals surface area contributed by atoms with Gasteiger partial charge in [-0.2, -0.15) is 0 Å². The quantitative estimate of drug-likeness (QED) is 0.0959. The van der Waals surface area contributed by atoms with Gasteiger partial charge in [-0.1, -0.05) is 18.2 Å². The highest BCUT2D eigenvalue weighted by atomic mass is 16.4. The monoisotopic (exact) mass is 570 g/mol. The van der Waals surface area contributed by atoms with Crippen molar-refractivity contribution >= 4 is 46.5 Å². The molecule has 16 heteroatoms. The number of benzene rings is 1. The standard InChI is InChI=1S/C25H30N8O8/c26-15(7-21(35)36)22(37)31-17(5-12-9-29-16-4-2-1-3-14(12)16)23(38)32-18(8-20(27)34)24(39)33-19(25(40)41)6-13-10-28-11-30-13/h1-4,9-11,15,17-19,29H,5-8,26H2,(H2,27,34)(H,28,30)(H,31,37)(H,32,38)(H,33,39)(H,35,36)(H,40,41). The molecule has 0 bridgehead atoms. The summed E-state index contributed by atoms with van der Waals surface area (Å²) in [5, 5.41) is 26.3. The van der Waals surface area contributed by atoms with Gasteiger partial charge >= 0.3 is 11.9 Å². The number of para-hydroxylation sites is 1. The van der Waals surface area contributed by atoms with Crippen molar-refractivity contribution in [3.63, 3.8) is 0 Å². The third kappa shape index (κ3) is 8.62. The molecule has 0 aliphatic carbocycles. The van der Waals surface area contributed by atoms with Gasteiger partial charge in [0, 0.05) is 41.8 Å². The predicted octanol–water partition coefficient (Wildman–Crippen LogP) is -2.11. The summed E-state index contributed by atoms with van der Waals surface area (Å²) < 4.78 is 0. The molecule has 16 nitrogen and oxygen atoms in total. The minimum Gasteiger partial charge on any atom is -0.481 e. The fourth-order valence-electron chi connectivity index (χ4n) is 4.06. The van der Waals surface area contributed by atoms with Crippen LogP contribution in [0.4, 0.5) is 0 Å². The van der Waals surface area contributed by atoms with E-state index in [0.29, 0.717) is 11.3 Å². The Hall–Kier alpha value is -5.25. The Kier molecular flexibility index (Phi) is 10.1. The number of nitrogens with zero attached hydrogens (tertiary/aromatic N) is 1. The highest BCUT2D eigenvalue weighted by molar-refractivity contribution is 5.97. The van der Waals surface area contributed by atoms with Crippen molar-refractivity contribution in [1.29, 1.82) is 0 Å². The van der Waals surface area contributed by atoms with Crippen LogP contribution in [0.3, 0.4) is 0 Å². The van der Waals surface area contributed by atoms with E-state index in [1.807, 2.05) is 0 Å². The average Bonchev–Trinajstić information content (AvgIpc) is 3.56. The third-order valence-electron chi connectivity index (χ3n) is 6.10. The van der Waals surface area contributed by atoms with Gasteiger partial charge in [0.05, 0.1) is 25.2 Å². The number of nitrogens with one attached hydrogen (secondary N) is 5. The van der Waals surface area contributed by atoms with Crippen LogP contribution >= 0.6 is 0 Å². The van der Waals surface area contributed by atoms with Crippen molar-refractivity contribution in [3.05, 3.63) is 54.2 Å². The molecule has 3 aromatic rings. The number of aromatic amines is 2. The van der Waals surface area contributed by atoms with Crippen LogP contribution in [0, 0.1) is 0 Å². The second-order valence-electron chi connectivity index (χ2n) is 9.24. The summed E-state index contributed by atoms with van der Waals surface area (Å²) in [6.07, 6.45) is 2.67. The molecular weight excluding hydrogens is 540 g/mol. The van der Waals surface area contributed by atoms with Gasteiger partial charge in [-0.3, -0.25) is 24.0 Å². The Bertz CT molecular complexity index is 1420. The topological polar surface area (TPSA) is 275 Å². The molecule has 41 heavy (non-hydrogen) atoms. The Labute approximate surface area is 232 Å². The molecular formula is C25H30N8O8. The second kappa shape index (κ2) is 13.7. The lowest BCUT2D eigenvalue weighted by atomic mass is 10.0. The van der Waals surface area contributed by atoms with Crippen LogP contribution in [0.15, 0.2) is 43.0 Å². The maximum absolute atomic E-state index is 13.4. The van der Waals surface area contributed by atoms with Crippen molar-refractivity contribution in [2.75, 3.05) is 0 Å². The summed E-state index contributed by atoms with van der Waals surface area (Å²) in [6.45, 7) is 0. The summed E-state index contributed by atoms with van der Waals surface area (Å²) >= 11 is 0. The van der Waals surface area contributed by atoms with Gasteiger partial charge in [0.15, 0.2) is 0 Å². The van der Waals surface area contributed by atoms with Crippen molar-refractivity contribution < 1.29 is 39.0 Å². The van der Waals surface area contributed by atoms with Crippen LogP contribution in [-0.4, -0.2) is 84.9 Å². The van der Waals surface area contributed by atoms with Gasteiger partial charge in [-0.15, -0.1) is 0 Å². The zero-order valence-corrected chi connectivity index (χ0v) is 21.6. The van der Waals surface area contributed by atoms with Gasteiger partial charge in [-0.05, 0) is 11.6 Å². The first-order chi connectivity index (χ1) is 19.4. The lowest BCUT2D eigenvalue weighted by molar-refractivity contribution is -0.142. The van der Waals surface area contributed by atoms with E-state index in [-0.39, 0.29) is 12.8 Å². The maximum Gasteiger partial charge on any atom is 0.326 e. The first kappa shape index (κ1) is 30.3. The number of primary amides is 1. The Morgan fingerprint density at radius 3 is 2.15 bits per heavy atom. The number of carboxylic acids is 2. The molecule has 11 N–H and O–H groups in total. The first-order valence-electron chi connectivity index (χ1n) is 12.4. The van der Waals surface area contributed by atoms with E-state index in [9.17, 15) is 33.9 Å². The lowest BCUT2D eigenvalue weighted by Gasteiger charge is -2.24. The number of rotatable bonds is 15. The first-order valence-corrected chi connectivity index (χ1v) is 12.4.